The number of imidazole rings is 1. The predicted octanol–water partition coefficient (Wildman–Crippen LogP) is 3.04. The molecule has 0 radical (unpaired) electrons. The Morgan fingerprint density at radius 3 is 2.96 bits per heavy atom. The second-order valence-corrected chi connectivity index (χ2v) is 6.90. The normalized spacial score (nSPS) is 17.5. The Morgan fingerprint density at radius 1 is 1.31 bits per heavy atom. The fraction of sp³-hybridized carbons (Fsp3) is 0.263. The minimum absolute atomic E-state index is 0.239. The first-order valence-corrected chi connectivity index (χ1v) is 9.01. The maximum Gasteiger partial charge on any atom is 0.274 e. The fourth-order valence-corrected chi connectivity index (χ4v) is 3.42. The third-order valence-corrected chi connectivity index (χ3v) is 4.91. The van der Waals surface area contributed by atoms with Crippen LogP contribution in [0.15, 0.2) is 48.8 Å². The van der Waals surface area contributed by atoms with Crippen LogP contribution in [0.5, 0.6) is 0 Å². The van der Waals surface area contributed by atoms with E-state index in [-0.39, 0.29) is 5.91 Å². The highest BCUT2D eigenvalue weighted by Gasteiger charge is 2.18. The molecule has 0 unspecified atom stereocenters. The largest absolute Gasteiger partial charge is 0.368 e. The molecule has 1 fully saturated rings. The summed E-state index contributed by atoms with van der Waals surface area (Å²) in [4.78, 5) is 19.4. The quantitative estimate of drug-likeness (QED) is 0.745. The summed E-state index contributed by atoms with van der Waals surface area (Å²) >= 11 is 6.14. The van der Waals surface area contributed by atoms with Crippen molar-refractivity contribution >= 4 is 34.5 Å². The lowest BCUT2D eigenvalue weighted by atomic mass is 10.2. The Labute approximate surface area is 156 Å². The van der Waals surface area contributed by atoms with Crippen LogP contribution >= 0.6 is 11.6 Å². The number of hydrogen-bond donors (Lipinski definition) is 2. The number of piperazine rings is 1. The highest BCUT2D eigenvalue weighted by molar-refractivity contribution is 6.33. The van der Waals surface area contributed by atoms with E-state index in [2.05, 4.69) is 33.5 Å². The molecule has 1 atom stereocenters. The molecule has 2 N–H and O–H groups in total. The zero-order valence-corrected chi connectivity index (χ0v) is 15.2. The van der Waals surface area contributed by atoms with Crippen molar-refractivity contribution in [2.75, 3.05) is 29.9 Å². The molecule has 0 saturated carbocycles. The van der Waals surface area contributed by atoms with Crippen molar-refractivity contribution in [2.45, 2.75) is 13.0 Å². The minimum Gasteiger partial charge on any atom is -0.368 e. The van der Waals surface area contributed by atoms with E-state index in [4.69, 9.17) is 11.6 Å². The summed E-state index contributed by atoms with van der Waals surface area (Å²) in [7, 11) is 0. The number of benzene rings is 1. The highest BCUT2D eigenvalue weighted by atomic mass is 35.5. The van der Waals surface area contributed by atoms with Gasteiger partial charge in [-0.3, -0.25) is 9.20 Å². The van der Waals surface area contributed by atoms with E-state index in [1.165, 1.54) is 0 Å². The van der Waals surface area contributed by atoms with Crippen LogP contribution in [-0.2, 0) is 0 Å². The molecule has 6 nitrogen and oxygen atoms in total. The molecule has 0 bridgehead atoms. The zero-order chi connectivity index (χ0) is 18.1. The SMILES string of the molecule is C[C@@H]1CN(c2ccc3ncc(C(=O)Nc4ccccc4Cl)n3c2)CCN1. The van der Waals surface area contributed by atoms with Gasteiger partial charge in [0.2, 0.25) is 0 Å². The van der Waals surface area contributed by atoms with Gasteiger partial charge in [-0.25, -0.2) is 4.98 Å². The number of amides is 1. The number of fused-ring (bicyclic) bond motifs is 1. The Hall–Kier alpha value is -2.57. The van der Waals surface area contributed by atoms with E-state index < -0.39 is 0 Å². The molecule has 2 aromatic heterocycles. The van der Waals surface area contributed by atoms with Crippen LogP contribution in [-0.4, -0.2) is 41.0 Å². The number of halogens is 1. The molecule has 0 aliphatic carbocycles. The van der Waals surface area contributed by atoms with Crippen LogP contribution in [0.1, 0.15) is 17.4 Å². The smallest absolute Gasteiger partial charge is 0.274 e. The van der Waals surface area contributed by atoms with Gasteiger partial charge in [0.15, 0.2) is 0 Å². The molecule has 1 aromatic carbocycles. The molecule has 134 valence electrons. The standard InChI is InChI=1S/C19H20ClN5O/c1-13-11-24(9-8-21-13)14-6-7-18-22-10-17(25(18)12-14)19(26)23-16-5-3-2-4-15(16)20/h2-7,10,12-13,21H,8-9,11H2,1H3,(H,23,26)/t13-/m1/s1. The monoisotopic (exact) mass is 369 g/mol. The molecule has 1 aliphatic heterocycles. The number of nitrogens with one attached hydrogen (secondary N) is 2. The number of aromatic nitrogens is 2. The van der Waals surface area contributed by atoms with Gasteiger partial charge in [0.05, 0.1) is 22.6 Å². The molecular formula is C19H20ClN5O. The maximum atomic E-state index is 12.7. The molecule has 1 amide bonds. The first-order chi connectivity index (χ1) is 12.6. The van der Waals surface area contributed by atoms with Gasteiger partial charge in [-0.05, 0) is 31.2 Å². The molecule has 3 aromatic rings. The summed E-state index contributed by atoms with van der Waals surface area (Å²) in [5.41, 5.74) is 2.88. The molecule has 3 heterocycles. The Morgan fingerprint density at radius 2 is 2.15 bits per heavy atom. The van der Waals surface area contributed by atoms with E-state index in [1.54, 1.807) is 18.3 Å². The number of anilines is 2. The zero-order valence-electron chi connectivity index (χ0n) is 14.4. The summed E-state index contributed by atoms with van der Waals surface area (Å²) in [5, 5.41) is 6.80. The number of rotatable bonds is 3. The average molecular weight is 370 g/mol. The number of nitrogens with zero attached hydrogens (tertiary/aromatic N) is 3. The molecular weight excluding hydrogens is 350 g/mol. The van der Waals surface area contributed by atoms with E-state index in [1.807, 2.05) is 28.8 Å². The van der Waals surface area contributed by atoms with E-state index in [0.717, 1.165) is 31.0 Å². The van der Waals surface area contributed by atoms with Crippen molar-refractivity contribution < 1.29 is 4.79 Å². The lowest BCUT2D eigenvalue weighted by Crippen LogP contribution is -2.49. The van der Waals surface area contributed by atoms with Gasteiger partial charge in [0.1, 0.15) is 11.3 Å². The third kappa shape index (κ3) is 3.25. The van der Waals surface area contributed by atoms with Gasteiger partial charge >= 0.3 is 0 Å². The number of carbonyl (C=O) groups excluding carboxylic acids is 1. The predicted molar refractivity (Wildman–Crippen MR) is 104 cm³/mol. The maximum absolute atomic E-state index is 12.7. The van der Waals surface area contributed by atoms with Crippen molar-refractivity contribution in [3.63, 3.8) is 0 Å². The van der Waals surface area contributed by atoms with Crippen molar-refractivity contribution in [2.24, 2.45) is 0 Å². The van der Waals surface area contributed by atoms with Crippen LogP contribution in [0.2, 0.25) is 5.02 Å². The summed E-state index contributed by atoms with van der Waals surface area (Å²) in [6, 6.07) is 11.6. The summed E-state index contributed by atoms with van der Waals surface area (Å²) in [5.74, 6) is -0.239. The van der Waals surface area contributed by atoms with Gasteiger partial charge in [0.25, 0.3) is 5.91 Å². The van der Waals surface area contributed by atoms with E-state index in [9.17, 15) is 4.79 Å². The lowest BCUT2D eigenvalue weighted by Gasteiger charge is -2.33. The van der Waals surface area contributed by atoms with Crippen molar-refractivity contribution in [3.05, 3.63) is 59.5 Å². The topological polar surface area (TPSA) is 61.7 Å². The van der Waals surface area contributed by atoms with Crippen molar-refractivity contribution in [1.29, 1.82) is 0 Å². The van der Waals surface area contributed by atoms with Crippen LogP contribution < -0.4 is 15.5 Å². The highest BCUT2D eigenvalue weighted by Crippen LogP contribution is 2.22. The second-order valence-electron chi connectivity index (χ2n) is 6.49. The molecule has 4 rings (SSSR count). The summed E-state index contributed by atoms with van der Waals surface area (Å²) in [6.07, 6.45) is 3.56. The average Bonchev–Trinajstić information content (AvgIpc) is 3.07. The van der Waals surface area contributed by atoms with Crippen LogP contribution in [0.25, 0.3) is 5.65 Å². The number of pyridine rings is 1. The molecule has 0 spiro atoms. The van der Waals surface area contributed by atoms with Gasteiger partial charge in [-0.2, -0.15) is 0 Å². The van der Waals surface area contributed by atoms with Crippen LogP contribution in [0.3, 0.4) is 0 Å². The third-order valence-electron chi connectivity index (χ3n) is 4.58. The lowest BCUT2D eigenvalue weighted by molar-refractivity contribution is 0.102. The molecule has 7 heteroatoms. The Balaban J connectivity index is 1.64. The van der Waals surface area contributed by atoms with E-state index >= 15 is 0 Å². The number of hydrogen-bond acceptors (Lipinski definition) is 4. The van der Waals surface area contributed by atoms with Gasteiger partial charge in [0, 0.05) is 31.9 Å². The first kappa shape index (κ1) is 16.9. The van der Waals surface area contributed by atoms with Crippen LogP contribution in [0.4, 0.5) is 11.4 Å². The van der Waals surface area contributed by atoms with Gasteiger partial charge < -0.3 is 15.5 Å². The van der Waals surface area contributed by atoms with E-state index in [0.29, 0.717) is 22.4 Å². The molecule has 1 aliphatic rings. The number of carbonyl (C=O) groups is 1. The van der Waals surface area contributed by atoms with Crippen molar-refractivity contribution in [1.82, 2.24) is 14.7 Å². The summed E-state index contributed by atoms with van der Waals surface area (Å²) in [6.45, 7) is 4.99. The van der Waals surface area contributed by atoms with Gasteiger partial charge in [-0.15, -0.1) is 0 Å². The Kier molecular flexibility index (Phi) is 4.53. The van der Waals surface area contributed by atoms with Crippen molar-refractivity contribution in [3.8, 4) is 0 Å². The van der Waals surface area contributed by atoms with Crippen LogP contribution in [0, 0.1) is 0 Å². The number of para-hydroxylation sites is 1. The second kappa shape index (κ2) is 6.97. The first-order valence-electron chi connectivity index (χ1n) is 8.63. The molecule has 26 heavy (non-hydrogen) atoms. The fourth-order valence-electron chi connectivity index (χ4n) is 3.24. The summed E-state index contributed by atoms with van der Waals surface area (Å²) < 4.78 is 1.83. The van der Waals surface area contributed by atoms with Gasteiger partial charge in [-0.1, -0.05) is 23.7 Å². The minimum atomic E-state index is -0.239. The Bertz CT molecular complexity index is 954. The molecule has 1 saturated heterocycles.